The van der Waals surface area contributed by atoms with Crippen molar-refractivity contribution in [2.24, 2.45) is 0 Å². The van der Waals surface area contributed by atoms with Crippen LogP contribution in [0, 0.1) is 19.3 Å². The highest BCUT2D eigenvalue weighted by Gasteiger charge is 2.07. The van der Waals surface area contributed by atoms with Crippen molar-refractivity contribution in [2.45, 2.75) is 19.9 Å². The Kier molecular flexibility index (Phi) is 4.00. The molecule has 1 atom stereocenters. The topological polar surface area (TPSA) is 12.0 Å². The molecule has 2 heteroatoms. The Hall–Kier alpha value is -0.970. The Bertz CT molecular complexity index is 352. The summed E-state index contributed by atoms with van der Waals surface area (Å²) in [6.45, 7) is 4.85. The monoisotopic (exact) mass is 207 g/mol. The van der Waals surface area contributed by atoms with Gasteiger partial charge in [0.2, 0.25) is 0 Å². The lowest BCUT2D eigenvalue weighted by molar-refractivity contribution is 0.665. The van der Waals surface area contributed by atoms with Crippen molar-refractivity contribution in [3.05, 3.63) is 34.3 Å². The van der Waals surface area contributed by atoms with E-state index in [1.54, 1.807) is 0 Å². The van der Waals surface area contributed by atoms with E-state index < -0.39 is 0 Å². The molecule has 0 saturated heterocycles. The maximum atomic E-state index is 6.02. The fraction of sp³-hybridized carbons (Fsp3) is 0.333. The Labute approximate surface area is 90.5 Å². The summed E-state index contributed by atoms with van der Waals surface area (Å²) in [5.74, 6) is 2.70. The third-order valence-electron chi connectivity index (χ3n) is 2.10. The molecular formula is C12H14ClN. The predicted octanol–water partition coefficient (Wildman–Crippen LogP) is 2.93. The molecule has 1 aromatic rings. The molecule has 0 aliphatic heterocycles. The third kappa shape index (κ3) is 2.51. The van der Waals surface area contributed by atoms with Gasteiger partial charge in [0, 0.05) is 5.02 Å². The van der Waals surface area contributed by atoms with Gasteiger partial charge < -0.3 is 5.32 Å². The van der Waals surface area contributed by atoms with Gasteiger partial charge in [0.05, 0.1) is 6.04 Å². The Morgan fingerprint density at radius 1 is 1.57 bits per heavy atom. The minimum absolute atomic E-state index is 0.0434. The average molecular weight is 208 g/mol. The zero-order chi connectivity index (χ0) is 10.6. The maximum absolute atomic E-state index is 6.02. The van der Waals surface area contributed by atoms with Gasteiger partial charge >= 0.3 is 0 Å². The second-order valence-corrected chi connectivity index (χ2v) is 3.57. The van der Waals surface area contributed by atoms with E-state index in [-0.39, 0.29) is 6.04 Å². The molecule has 1 aromatic carbocycles. The molecule has 0 saturated carbocycles. The summed E-state index contributed by atoms with van der Waals surface area (Å²) >= 11 is 6.02. The fourth-order valence-electron chi connectivity index (χ4n) is 1.27. The third-order valence-corrected chi connectivity index (χ3v) is 2.51. The fourth-order valence-corrected chi connectivity index (χ4v) is 1.45. The van der Waals surface area contributed by atoms with Crippen molar-refractivity contribution < 1.29 is 0 Å². The molecule has 1 nitrogen and oxygen atoms in total. The molecule has 0 radical (unpaired) electrons. The van der Waals surface area contributed by atoms with E-state index in [1.807, 2.05) is 32.0 Å². The normalized spacial score (nSPS) is 12.1. The number of hydrogen-bond acceptors (Lipinski definition) is 1. The van der Waals surface area contributed by atoms with Crippen molar-refractivity contribution in [1.29, 1.82) is 0 Å². The molecule has 0 aliphatic carbocycles. The van der Waals surface area contributed by atoms with Crippen LogP contribution >= 0.6 is 11.6 Å². The van der Waals surface area contributed by atoms with Crippen molar-refractivity contribution in [3.63, 3.8) is 0 Å². The van der Waals surface area contributed by atoms with Gasteiger partial charge in [0.25, 0.3) is 0 Å². The van der Waals surface area contributed by atoms with Gasteiger partial charge in [-0.1, -0.05) is 36.6 Å². The van der Waals surface area contributed by atoms with E-state index in [2.05, 4.69) is 11.2 Å². The first kappa shape index (κ1) is 11.1. The number of rotatable bonds is 3. The molecule has 0 amide bonds. The highest BCUT2D eigenvalue weighted by Crippen LogP contribution is 2.20. The van der Waals surface area contributed by atoms with Crippen LogP contribution in [-0.2, 0) is 0 Å². The van der Waals surface area contributed by atoms with E-state index in [9.17, 15) is 0 Å². The van der Waals surface area contributed by atoms with Crippen LogP contribution in [0.1, 0.15) is 24.1 Å². The first-order valence-corrected chi connectivity index (χ1v) is 5.02. The van der Waals surface area contributed by atoms with Crippen LogP contribution in [0.3, 0.4) is 0 Å². The number of halogens is 1. The molecule has 0 aromatic heterocycles. The predicted molar refractivity (Wildman–Crippen MR) is 61.4 cm³/mol. The summed E-state index contributed by atoms with van der Waals surface area (Å²) in [6.07, 6.45) is 5.42. The van der Waals surface area contributed by atoms with Crippen LogP contribution in [0.15, 0.2) is 18.2 Å². The highest BCUT2D eigenvalue weighted by atomic mass is 35.5. The van der Waals surface area contributed by atoms with Crippen LogP contribution in [0.4, 0.5) is 0 Å². The minimum atomic E-state index is -0.0434. The number of aryl methyl sites for hydroxylation is 1. The first-order valence-electron chi connectivity index (χ1n) is 4.64. The minimum Gasteiger partial charge on any atom is -0.300 e. The van der Waals surface area contributed by atoms with E-state index in [4.69, 9.17) is 18.0 Å². The second kappa shape index (κ2) is 5.05. The largest absolute Gasteiger partial charge is 0.300 e. The second-order valence-electron chi connectivity index (χ2n) is 3.17. The number of hydrogen-bond donors (Lipinski definition) is 1. The van der Waals surface area contributed by atoms with Gasteiger partial charge in [0.1, 0.15) is 0 Å². The summed E-state index contributed by atoms with van der Waals surface area (Å²) in [4.78, 5) is 0. The standard InChI is InChI=1S/C12H14ClN/c1-4-12(14-5-2)10-7-6-9(3)11(13)8-10/h1,6-8,12,14H,5H2,2-3H3. The number of benzene rings is 1. The average Bonchev–Trinajstić information content (AvgIpc) is 2.19. The van der Waals surface area contributed by atoms with Crippen molar-refractivity contribution in [2.75, 3.05) is 6.54 Å². The Balaban J connectivity index is 2.95. The molecule has 0 spiro atoms. The lowest BCUT2D eigenvalue weighted by Gasteiger charge is -2.12. The molecule has 74 valence electrons. The molecule has 0 heterocycles. The number of terminal acetylenes is 1. The number of nitrogens with one attached hydrogen (secondary N) is 1. The van der Waals surface area contributed by atoms with E-state index in [1.165, 1.54) is 0 Å². The van der Waals surface area contributed by atoms with Crippen molar-refractivity contribution in [3.8, 4) is 12.3 Å². The maximum Gasteiger partial charge on any atom is 0.0943 e. The summed E-state index contributed by atoms with van der Waals surface area (Å²) in [5.41, 5.74) is 2.12. The van der Waals surface area contributed by atoms with E-state index in [0.717, 1.165) is 22.7 Å². The smallest absolute Gasteiger partial charge is 0.0943 e. The SMILES string of the molecule is C#CC(NCC)c1ccc(C)c(Cl)c1. The van der Waals surface area contributed by atoms with Crippen LogP contribution < -0.4 is 5.32 Å². The summed E-state index contributed by atoms with van der Waals surface area (Å²) < 4.78 is 0. The molecule has 14 heavy (non-hydrogen) atoms. The zero-order valence-corrected chi connectivity index (χ0v) is 9.23. The van der Waals surface area contributed by atoms with E-state index >= 15 is 0 Å². The van der Waals surface area contributed by atoms with Gasteiger partial charge in [0.15, 0.2) is 0 Å². The van der Waals surface area contributed by atoms with Crippen LogP contribution in [0.5, 0.6) is 0 Å². The zero-order valence-electron chi connectivity index (χ0n) is 8.47. The summed E-state index contributed by atoms with van der Waals surface area (Å²) in [7, 11) is 0. The van der Waals surface area contributed by atoms with Crippen molar-refractivity contribution in [1.82, 2.24) is 5.32 Å². The molecule has 0 fully saturated rings. The Morgan fingerprint density at radius 2 is 2.29 bits per heavy atom. The highest BCUT2D eigenvalue weighted by molar-refractivity contribution is 6.31. The quantitative estimate of drug-likeness (QED) is 0.752. The van der Waals surface area contributed by atoms with Crippen LogP contribution in [-0.4, -0.2) is 6.54 Å². The molecular weight excluding hydrogens is 194 g/mol. The van der Waals surface area contributed by atoms with Crippen LogP contribution in [0.25, 0.3) is 0 Å². The molecule has 0 bridgehead atoms. The lowest BCUT2D eigenvalue weighted by Crippen LogP contribution is -2.19. The van der Waals surface area contributed by atoms with Crippen LogP contribution in [0.2, 0.25) is 5.02 Å². The molecule has 1 rings (SSSR count). The molecule has 0 aliphatic rings. The van der Waals surface area contributed by atoms with Crippen molar-refractivity contribution >= 4 is 11.6 Å². The first-order chi connectivity index (χ1) is 6.69. The summed E-state index contributed by atoms with van der Waals surface area (Å²) in [6, 6.07) is 5.87. The van der Waals surface area contributed by atoms with E-state index in [0.29, 0.717) is 0 Å². The van der Waals surface area contributed by atoms with Gasteiger partial charge in [-0.3, -0.25) is 0 Å². The lowest BCUT2D eigenvalue weighted by atomic mass is 10.1. The van der Waals surface area contributed by atoms with Gasteiger partial charge in [-0.15, -0.1) is 6.42 Å². The van der Waals surface area contributed by atoms with Gasteiger partial charge in [-0.25, -0.2) is 0 Å². The van der Waals surface area contributed by atoms with Gasteiger partial charge in [-0.05, 0) is 30.7 Å². The summed E-state index contributed by atoms with van der Waals surface area (Å²) in [5, 5.41) is 3.96. The molecule has 1 unspecified atom stereocenters. The van der Waals surface area contributed by atoms with Gasteiger partial charge in [-0.2, -0.15) is 0 Å². The Morgan fingerprint density at radius 3 is 2.79 bits per heavy atom. The molecule has 1 N–H and O–H groups in total.